The molecule has 1 aromatic heterocycles. The summed E-state index contributed by atoms with van der Waals surface area (Å²) in [5.74, 6) is 0.973. The molecule has 1 heterocycles. The summed E-state index contributed by atoms with van der Waals surface area (Å²) in [7, 11) is 0. The van der Waals surface area contributed by atoms with E-state index >= 15 is 0 Å². The van der Waals surface area contributed by atoms with Gasteiger partial charge in [0.15, 0.2) is 0 Å². The highest BCUT2D eigenvalue weighted by Gasteiger charge is 2.12. The van der Waals surface area contributed by atoms with Crippen LogP contribution in [-0.4, -0.2) is 5.54 Å². The number of rotatable bonds is 2. The molecule has 1 aromatic carbocycles. The minimum atomic E-state index is 0.103. The van der Waals surface area contributed by atoms with E-state index in [9.17, 15) is 0 Å². The molecule has 0 amide bonds. The molecule has 0 aliphatic heterocycles. The Hall–Kier alpha value is -0.800. The zero-order valence-corrected chi connectivity index (χ0v) is 12.3. The topological polar surface area (TPSA) is 25.2 Å². The van der Waals surface area contributed by atoms with Crippen molar-refractivity contribution >= 4 is 26.9 Å². The van der Waals surface area contributed by atoms with E-state index in [0.717, 1.165) is 27.7 Å². The summed E-state index contributed by atoms with van der Waals surface area (Å²) in [5.41, 5.74) is 2.27. The van der Waals surface area contributed by atoms with Gasteiger partial charge in [-0.25, -0.2) is 0 Å². The van der Waals surface area contributed by atoms with Crippen LogP contribution in [0.15, 0.2) is 27.1 Å². The van der Waals surface area contributed by atoms with Crippen molar-refractivity contribution in [3.8, 4) is 0 Å². The Morgan fingerprint density at radius 1 is 1.24 bits per heavy atom. The number of hydrogen-bond donors (Lipinski definition) is 1. The van der Waals surface area contributed by atoms with Crippen molar-refractivity contribution in [3.63, 3.8) is 0 Å². The Balaban J connectivity index is 2.29. The molecule has 2 nitrogen and oxygen atoms in total. The zero-order valence-electron chi connectivity index (χ0n) is 10.7. The number of halogens is 1. The summed E-state index contributed by atoms with van der Waals surface area (Å²) in [6, 6.07) is 6.32. The third kappa shape index (κ3) is 3.11. The van der Waals surface area contributed by atoms with E-state index < -0.39 is 0 Å². The first-order valence-electron chi connectivity index (χ1n) is 5.79. The van der Waals surface area contributed by atoms with Crippen molar-refractivity contribution in [2.75, 3.05) is 0 Å². The maximum Gasteiger partial charge on any atom is 0.148 e. The molecule has 0 radical (unpaired) electrons. The third-order valence-corrected chi connectivity index (χ3v) is 3.15. The SMILES string of the molecule is Cc1cc(Br)c2oc(CNC(C)(C)C)cc2c1. The highest BCUT2D eigenvalue weighted by atomic mass is 79.9. The average molecular weight is 296 g/mol. The fourth-order valence-corrected chi connectivity index (χ4v) is 2.42. The van der Waals surface area contributed by atoms with Gasteiger partial charge in [0.2, 0.25) is 0 Å². The van der Waals surface area contributed by atoms with E-state index in [1.807, 2.05) is 0 Å². The molecule has 0 fully saturated rings. The van der Waals surface area contributed by atoms with Gasteiger partial charge in [-0.1, -0.05) is 0 Å². The van der Waals surface area contributed by atoms with Gasteiger partial charge in [-0.15, -0.1) is 0 Å². The van der Waals surface area contributed by atoms with Crippen molar-refractivity contribution in [1.82, 2.24) is 5.32 Å². The van der Waals surface area contributed by atoms with Gasteiger partial charge in [-0.3, -0.25) is 0 Å². The fourth-order valence-electron chi connectivity index (χ4n) is 1.74. The van der Waals surface area contributed by atoms with Gasteiger partial charge in [-0.2, -0.15) is 0 Å². The highest BCUT2D eigenvalue weighted by Crippen LogP contribution is 2.28. The first-order valence-corrected chi connectivity index (χ1v) is 6.58. The van der Waals surface area contributed by atoms with Crippen LogP contribution in [0.1, 0.15) is 32.1 Å². The second-order valence-electron chi connectivity index (χ2n) is 5.48. The highest BCUT2D eigenvalue weighted by molar-refractivity contribution is 9.10. The third-order valence-electron chi connectivity index (χ3n) is 2.56. The van der Waals surface area contributed by atoms with Gasteiger partial charge in [0.05, 0.1) is 11.0 Å². The van der Waals surface area contributed by atoms with Crippen LogP contribution in [0.3, 0.4) is 0 Å². The molecular formula is C14H18BrNO. The monoisotopic (exact) mass is 295 g/mol. The standard InChI is InChI=1S/C14H18BrNO/c1-9-5-10-7-11(8-16-14(2,3)4)17-13(10)12(15)6-9/h5-7,16H,8H2,1-4H3. The van der Waals surface area contributed by atoms with Crippen molar-refractivity contribution in [3.05, 3.63) is 34.0 Å². The smallest absolute Gasteiger partial charge is 0.148 e. The molecule has 0 bridgehead atoms. The van der Waals surface area contributed by atoms with Crippen LogP contribution in [-0.2, 0) is 6.54 Å². The Bertz CT molecular complexity index is 537. The minimum Gasteiger partial charge on any atom is -0.459 e. The molecule has 92 valence electrons. The fraction of sp³-hybridized carbons (Fsp3) is 0.429. The van der Waals surface area contributed by atoms with Crippen molar-refractivity contribution in [2.45, 2.75) is 39.8 Å². The molecule has 0 atom stereocenters. The molecule has 0 spiro atoms. The van der Waals surface area contributed by atoms with E-state index in [4.69, 9.17) is 4.42 Å². The molecule has 0 unspecified atom stereocenters. The molecule has 17 heavy (non-hydrogen) atoms. The van der Waals surface area contributed by atoms with Crippen LogP contribution in [0.2, 0.25) is 0 Å². The minimum absolute atomic E-state index is 0.103. The Kier molecular flexibility index (Phi) is 3.32. The average Bonchev–Trinajstić information content (AvgIpc) is 2.56. The summed E-state index contributed by atoms with van der Waals surface area (Å²) >= 11 is 3.54. The van der Waals surface area contributed by atoms with E-state index in [0.29, 0.717) is 0 Å². The van der Waals surface area contributed by atoms with Crippen LogP contribution in [0.25, 0.3) is 11.0 Å². The van der Waals surface area contributed by atoms with Crippen LogP contribution < -0.4 is 5.32 Å². The Morgan fingerprint density at radius 3 is 2.59 bits per heavy atom. The lowest BCUT2D eigenvalue weighted by Gasteiger charge is -2.19. The molecule has 0 saturated heterocycles. The van der Waals surface area contributed by atoms with Gasteiger partial charge in [-0.05, 0) is 67.4 Å². The summed E-state index contributed by atoms with van der Waals surface area (Å²) < 4.78 is 6.86. The van der Waals surface area contributed by atoms with Gasteiger partial charge in [0, 0.05) is 10.9 Å². The maximum absolute atomic E-state index is 5.84. The van der Waals surface area contributed by atoms with Crippen LogP contribution in [0.4, 0.5) is 0 Å². The molecule has 3 heteroatoms. The molecule has 2 aromatic rings. The number of aryl methyl sites for hydroxylation is 1. The van der Waals surface area contributed by atoms with E-state index in [1.54, 1.807) is 0 Å². The van der Waals surface area contributed by atoms with Crippen LogP contribution >= 0.6 is 15.9 Å². The van der Waals surface area contributed by atoms with E-state index in [1.165, 1.54) is 5.56 Å². The summed E-state index contributed by atoms with van der Waals surface area (Å²) in [6.45, 7) is 9.29. The Labute approximate surface area is 111 Å². The summed E-state index contributed by atoms with van der Waals surface area (Å²) in [4.78, 5) is 0. The summed E-state index contributed by atoms with van der Waals surface area (Å²) in [6.07, 6.45) is 0. The lowest BCUT2D eigenvalue weighted by molar-refractivity contribution is 0.395. The molecule has 1 N–H and O–H groups in total. The van der Waals surface area contributed by atoms with Gasteiger partial charge < -0.3 is 9.73 Å². The molecule has 0 aliphatic carbocycles. The van der Waals surface area contributed by atoms with Crippen molar-refractivity contribution in [1.29, 1.82) is 0 Å². The number of hydrogen-bond acceptors (Lipinski definition) is 2. The first-order chi connectivity index (χ1) is 7.85. The predicted octanol–water partition coefficient (Wildman–Crippen LogP) is 4.39. The van der Waals surface area contributed by atoms with Gasteiger partial charge >= 0.3 is 0 Å². The lowest BCUT2D eigenvalue weighted by Crippen LogP contribution is -2.34. The summed E-state index contributed by atoms with van der Waals surface area (Å²) in [5, 5.41) is 4.58. The number of furan rings is 1. The van der Waals surface area contributed by atoms with Crippen molar-refractivity contribution < 1.29 is 4.42 Å². The van der Waals surface area contributed by atoms with E-state index in [2.05, 4.69) is 67.1 Å². The predicted molar refractivity (Wildman–Crippen MR) is 75.2 cm³/mol. The quantitative estimate of drug-likeness (QED) is 0.889. The number of benzene rings is 1. The first kappa shape index (κ1) is 12.7. The van der Waals surface area contributed by atoms with Gasteiger partial charge in [0.25, 0.3) is 0 Å². The Morgan fingerprint density at radius 2 is 1.94 bits per heavy atom. The normalized spacial score (nSPS) is 12.3. The maximum atomic E-state index is 5.84. The van der Waals surface area contributed by atoms with Crippen LogP contribution in [0, 0.1) is 6.92 Å². The lowest BCUT2D eigenvalue weighted by atomic mass is 10.1. The van der Waals surface area contributed by atoms with Crippen LogP contribution in [0.5, 0.6) is 0 Å². The number of fused-ring (bicyclic) bond motifs is 1. The largest absolute Gasteiger partial charge is 0.459 e. The molecule has 0 saturated carbocycles. The molecule has 0 aliphatic rings. The zero-order chi connectivity index (χ0) is 12.6. The van der Waals surface area contributed by atoms with Crippen molar-refractivity contribution in [2.24, 2.45) is 0 Å². The second kappa shape index (κ2) is 4.46. The second-order valence-corrected chi connectivity index (χ2v) is 6.34. The number of nitrogens with one attached hydrogen (secondary N) is 1. The molecule has 2 rings (SSSR count). The van der Waals surface area contributed by atoms with Gasteiger partial charge in [0.1, 0.15) is 11.3 Å². The van der Waals surface area contributed by atoms with E-state index in [-0.39, 0.29) is 5.54 Å². The molecular weight excluding hydrogens is 278 g/mol.